The van der Waals surface area contributed by atoms with Crippen LogP contribution in [0.1, 0.15) is 22.4 Å². The number of carbonyl (C=O) groups excluding carboxylic acids is 1. The van der Waals surface area contributed by atoms with E-state index in [1.165, 1.54) is 5.56 Å². The van der Waals surface area contributed by atoms with Gasteiger partial charge in [-0.1, -0.05) is 24.3 Å². The van der Waals surface area contributed by atoms with Crippen LogP contribution in [0.15, 0.2) is 60.9 Å². The maximum atomic E-state index is 12.5. The number of amides is 1. The Morgan fingerprint density at radius 2 is 1.73 bits per heavy atom. The molecule has 0 aliphatic carbocycles. The summed E-state index contributed by atoms with van der Waals surface area (Å²) in [6.45, 7) is 6.81. The average molecular weight is 402 g/mol. The van der Waals surface area contributed by atoms with E-state index < -0.39 is 0 Å². The second kappa shape index (κ2) is 8.95. The van der Waals surface area contributed by atoms with Crippen molar-refractivity contribution in [3.63, 3.8) is 0 Å². The van der Waals surface area contributed by atoms with Gasteiger partial charge in [-0.15, -0.1) is 0 Å². The standard InChI is InChI=1S/C24H26N4O2/c1-18-5-10-23(26-17-18)27-12-14-28(15-13-27)24(29)30-21-8-6-20(7-9-21)16-22-19(2)4-3-11-25-22/h3-11,17H,12-16H2,1-2H3. The normalized spacial score (nSPS) is 13.9. The molecule has 4 rings (SSSR count). The van der Waals surface area contributed by atoms with Gasteiger partial charge in [0, 0.05) is 50.7 Å². The summed E-state index contributed by atoms with van der Waals surface area (Å²) in [4.78, 5) is 25.4. The van der Waals surface area contributed by atoms with Gasteiger partial charge in [0.15, 0.2) is 0 Å². The number of ether oxygens (including phenoxy) is 1. The van der Waals surface area contributed by atoms with Gasteiger partial charge in [0.2, 0.25) is 0 Å². The SMILES string of the molecule is Cc1ccc(N2CCN(C(=O)Oc3ccc(Cc4ncccc4C)cc3)CC2)nc1. The van der Waals surface area contributed by atoms with Gasteiger partial charge < -0.3 is 14.5 Å². The van der Waals surface area contributed by atoms with Gasteiger partial charge in [-0.3, -0.25) is 4.98 Å². The Bertz CT molecular complexity index is 994. The van der Waals surface area contributed by atoms with Crippen LogP contribution >= 0.6 is 0 Å². The summed E-state index contributed by atoms with van der Waals surface area (Å²) in [5.74, 6) is 1.51. The van der Waals surface area contributed by atoms with E-state index in [0.29, 0.717) is 18.8 Å². The monoisotopic (exact) mass is 402 g/mol. The highest BCUT2D eigenvalue weighted by atomic mass is 16.6. The van der Waals surface area contributed by atoms with E-state index in [-0.39, 0.29) is 6.09 Å². The smallest absolute Gasteiger partial charge is 0.410 e. The van der Waals surface area contributed by atoms with Gasteiger partial charge in [0.25, 0.3) is 0 Å². The number of hydrogen-bond donors (Lipinski definition) is 0. The van der Waals surface area contributed by atoms with Crippen molar-refractivity contribution < 1.29 is 9.53 Å². The van der Waals surface area contributed by atoms with E-state index in [0.717, 1.165) is 42.1 Å². The van der Waals surface area contributed by atoms with E-state index >= 15 is 0 Å². The van der Waals surface area contributed by atoms with Crippen LogP contribution in [0.2, 0.25) is 0 Å². The van der Waals surface area contributed by atoms with Crippen LogP contribution in [0.4, 0.5) is 10.6 Å². The van der Waals surface area contributed by atoms with Crippen molar-refractivity contribution in [3.8, 4) is 5.75 Å². The fourth-order valence-corrected chi connectivity index (χ4v) is 3.50. The highest BCUT2D eigenvalue weighted by Crippen LogP contribution is 2.18. The molecule has 154 valence electrons. The lowest BCUT2D eigenvalue weighted by Gasteiger charge is -2.34. The van der Waals surface area contributed by atoms with E-state index in [1.54, 1.807) is 4.90 Å². The zero-order valence-electron chi connectivity index (χ0n) is 17.4. The molecule has 0 bridgehead atoms. The number of hydrogen-bond acceptors (Lipinski definition) is 5. The molecule has 0 unspecified atom stereocenters. The lowest BCUT2D eigenvalue weighted by atomic mass is 10.1. The quantitative estimate of drug-likeness (QED) is 0.660. The summed E-state index contributed by atoms with van der Waals surface area (Å²) in [7, 11) is 0. The summed E-state index contributed by atoms with van der Waals surface area (Å²) < 4.78 is 5.58. The Morgan fingerprint density at radius 1 is 0.967 bits per heavy atom. The zero-order chi connectivity index (χ0) is 20.9. The molecule has 1 fully saturated rings. The lowest BCUT2D eigenvalue weighted by molar-refractivity contribution is 0.149. The van der Waals surface area contributed by atoms with Crippen molar-refractivity contribution in [2.24, 2.45) is 0 Å². The van der Waals surface area contributed by atoms with E-state index in [1.807, 2.05) is 55.7 Å². The molecular weight excluding hydrogens is 376 g/mol. The number of rotatable bonds is 4. The van der Waals surface area contributed by atoms with Gasteiger partial charge in [0.05, 0.1) is 0 Å². The molecule has 2 aromatic heterocycles. The molecular formula is C24H26N4O2. The molecule has 1 aromatic carbocycles. The molecule has 0 atom stereocenters. The van der Waals surface area contributed by atoms with Crippen molar-refractivity contribution in [2.75, 3.05) is 31.1 Å². The molecule has 6 nitrogen and oxygen atoms in total. The summed E-state index contributed by atoms with van der Waals surface area (Å²) in [5, 5.41) is 0. The van der Waals surface area contributed by atoms with Crippen LogP contribution in [0.3, 0.4) is 0 Å². The molecule has 1 saturated heterocycles. The Balaban J connectivity index is 1.30. The lowest BCUT2D eigenvalue weighted by Crippen LogP contribution is -2.49. The van der Waals surface area contributed by atoms with Crippen LogP contribution in [0.5, 0.6) is 5.75 Å². The summed E-state index contributed by atoms with van der Waals surface area (Å²) in [6.07, 6.45) is 4.14. The minimum absolute atomic E-state index is 0.306. The van der Waals surface area contributed by atoms with Gasteiger partial charge in [-0.05, 0) is 54.8 Å². The summed E-state index contributed by atoms with van der Waals surface area (Å²) >= 11 is 0. The Kier molecular flexibility index (Phi) is 5.93. The number of piperazine rings is 1. The van der Waals surface area contributed by atoms with Crippen LogP contribution in [0, 0.1) is 13.8 Å². The largest absolute Gasteiger partial charge is 0.415 e. The van der Waals surface area contributed by atoms with Gasteiger partial charge in [0.1, 0.15) is 11.6 Å². The zero-order valence-corrected chi connectivity index (χ0v) is 17.4. The fraction of sp³-hybridized carbons (Fsp3) is 0.292. The maximum absolute atomic E-state index is 12.5. The first-order chi connectivity index (χ1) is 14.6. The Labute approximate surface area is 177 Å². The number of aryl methyl sites for hydroxylation is 2. The first-order valence-electron chi connectivity index (χ1n) is 10.2. The highest BCUT2D eigenvalue weighted by molar-refractivity contribution is 5.71. The summed E-state index contributed by atoms with van der Waals surface area (Å²) in [5.41, 5.74) is 4.51. The van der Waals surface area contributed by atoms with Crippen molar-refractivity contribution in [1.82, 2.24) is 14.9 Å². The minimum Gasteiger partial charge on any atom is -0.410 e. The molecule has 1 aliphatic rings. The molecule has 0 spiro atoms. The molecule has 1 aliphatic heterocycles. The first kappa shape index (κ1) is 19.9. The fourth-order valence-electron chi connectivity index (χ4n) is 3.50. The molecule has 0 saturated carbocycles. The topological polar surface area (TPSA) is 58.6 Å². The molecule has 3 heterocycles. The molecule has 0 N–H and O–H groups in total. The number of carbonyl (C=O) groups is 1. The Morgan fingerprint density at radius 3 is 2.40 bits per heavy atom. The second-order valence-corrected chi connectivity index (χ2v) is 7.62. The summed E-state index contributed by atoms with van der Waals surface area (Å²) in [6, 6.07) is 15.7. The third kappa shape index (κ3) is 4.76. The number of pyridine rings is 2. The number of benzene rings is 1. The first-order valence-corrected chi connectivity index (χ1v) is 10.2. The van der Waals surface area contributed by atoms with Gasteiger partial charge >= 0.3 is 6.09 Å². The third-order valence-corrected chi connectivity index (χ3v) is 5.38. The molecule has 1 amide bonds. The van der Waals surface area contributed by atoms with Crippen LogP contribution < -0.4 is 9.64 Å². The molecule has 0 radical (unpaired) electrons. The number of aromatic nitrogens is 2. The van der Waals surface area contributed by atoms with Crippen molar-refractivity contribution in [2.45, 2.75) is 20.3 Å². The number of nitrogens with zero attached hydrogens (tertiary/aromatic N) is 4. The third-order valence-electron chi connectivity index (χ3n) is 5.38. The van der Waals surface area contributed by atoms with Gasteiger partial charge in [-0.25, -0.2) is 9.78 Å². The van der Waals surface area contributed by atoms with E-state index in [4.69, 9.17) is 4.74 Å². The average Bonchev–Trinajstić information content (AvgIpc) is 2.77. The second-order valence-electron chi connectivity index (χ2n) is 7.62. The highest BCUT2D eigenvalue weighted by Gasteiger charge is 2.23. The predicted molar refractivity (Wildman–Crippen MR) is 117 cm³/mol. The van der Waals surface area contributed by atoms with Gasteiger partial charge in [-0.2, -0.15) is 0 Å². The van der Waals surface area contributed by atoms with Crippen molar-refractivity contribution in [1.29, 1.82) is 0 Å². The van der Waals surface area contributed by atoms with Crippen molar-refractivity contribution >= 4 is 11.9 Å². The predicted octanol–water partition coefficient (Wildman–Crippen LogP) is 4.01. The molecule has 30 heavy (non-hydrogen) atoms. The molecule has 3 aromatic rings. The number of anilines is 1. The van der Waals surface area contributed by atoms with Crippen LogP contribution in [-0.4, -0.2) is 47.1 Å². The van der Waals surface area contributed by atoms with Crippen molar-refractivity contribution in [3.05, 3.63) is 83.3 Å². The van der Waals surface area contributed by atoms with Crippen LogP contribution in [-0.2, 0) is 6.42 Å². The minimum atomic E-state index is -0.306. The van der Waals surface area contributed by atoms with E-state index in [9.17, 15) is 4.79 Å². The van der Waals surface area contributed by atoms with E-state index in [2.05, 4.69) is 33.9 Å². The van der Waals surface area contributed by atoms with Crippen LogP contribution in [0.25, 0.3) is 0 Å². The maximum Gasteiger partial charge on any atom is 0.415 e. The molecule has 6 heteroatoms. The Hall–Kier alpha value is -3.41.